The van der Waals surface area contributed by atoms with Gasteiger partial charge in [-0.05, 0) is 23.3 Å². The Morgan fingerprint density at radius 2 is 1.74 bits per heavy atom. The van der Waals surface area contributed by atoms with E-state index in [0.29, 0.717) is 36.7 Å². The maximum absolute atomic E-state index is 10.3. The van der Waals surface area contributed by atoms with E-state index < -0.39 is 11.7 Å². The number of nitrogens with two attached hydrogens (primary N) is 1. The second-order valence-corrected chi connectivity index (χ2v) is 8.30. The summed E-state index contributed by atoms with van der Waals surface area (Å²) in [5.74, 6) is 0.340. The van der Waals surface area contributed by atoms with Crippen LogP contribution in [0.2, 0.25) is 0 Å². The van der Waals surface area contributed by atoms with Gasteiger partial charge in [-0.15, -0.1) is 0 Å². The molecule has 4 aromatic rings. The SMILES string of the molecule is N#C[C@]1(c2ccc3c(N)ncnn23)C[C@H](OCc2ccccc2)[C@@H](COCc2ccccc2)O1. The van der Waals surface area contributed by atoms with Crippen molar-refractivity contribution in [2.45, 2.75) is 37.4 Å². The van der Waals surface area contributed by atoms with Gasteiger partial charge in [-0.25, -0.2) is 9.50 Å². The first-order chi connectivity index (χ1) is 16.7. The normalized spacial score (nSPS) is 22.1. The van der Waals surface area contributed by atoms with Crippen molar-refractivity contribution in [1.82, 2.24) is 14.6 Å². The second-order valence-electron chi connectivity index (χ2n) is 8.30. The highest BCUT2D eigenvalue weighted by molar-refractivity contribution is 5.66. The highest BCUT2D eigenvalue weighted by Gasteiger charge is 2.50. The molecule has 0 radical (unpaired) electrons. The van der Waals surface area contributed by atoms with Gasteiger partial charge in [0.1, 0.15) is 24.0 Å². The Hall–Kier alpha value is -3.77. The number of hydrogen-bond acceptors (Lipinski definition) is 7. The summed E-state index contributed by atoms with van der Waals surface area (Å²) in [6.45, 7) is 1.15. The first-order valence-corrected chi connectivity index (χ1v) is 11.1. The number of ether oxygens (including phenoxy) is 3. The van der Waals surface area contributed by atoms with Crippen LogP contribution in [0.25, 0.3) is 5.52 Å². The predicted molar refractivity (Wildman–Crippen MR) is 125 cm³/mol. The summed E-state index contributed by atoms with van der Waals surface area (Å²) in [4.78, 5) is 4.04. The smallest absolute Gasteiger partial charge is 0.199 e. The fourth-order valence-corrected chi connectivity index (χ4v) is 4.30. The lowest BCUT2D eigenvalue weighted by Gasteiger charge is -2.21. The van der Waals surface area contributed by atoms with E-state index >= 15 is 0 Å². The number of nitrogen functional groups attached to an aromatic ring is 1. The third-order valence-corrected chi connectivity index (χ3v) is 6.03. The minimum Gasteiger partial charge on any atom is -0.382 e. The molecule has 0 unspecified atom stereocenters. The number of nitriles is 1. The number of hydrogen-bond donors (Lipinski definition) is 1. The van der Waals surface area contributed by atoms with Gasteiger partial charge in [0.2, 0.25) is 0 Å². The third-order valence-electron chi connectivity index (χ3n) is 6.03. The second kappa shape index (κ2) is 9.61. The number of fused-ring (bicyclic) bond motifs is 1. The van der Waals surface area contributed by atoms with Crippen molar-refractivity contribution in [3.63, 3.8) is 0 Å². The Labute approximate surface area is 197 Å². The molecule has 2 N–H and O–H groups in total. The lowest BCUT2D eigenvalue weighted by molar-refractivity contribution is -0.0869. The molecule has 3 heterocycles. The first-order valence-electron chi connectivity index (χ1n) is 11.1. The van der Waals surface area contributed by atoms with E-state index in [1.807, 2.05) is 66.7 Å². The van der Waals surface area contributed by atoms with Gasteiger partial charge in [-0.3, -0.25) is 0 Å². The third kappa shape index (κ3) is 4.37. The maximum Gasteiger partial charge on any atom is 0.199 e. The van der Waals surface area contributed by atoms with Gasteiger partial charge >= 0.3 is 0 Å². The molecular formula is C26H25N5O3. The summed E-state index contributed by atoms with van der Waals surface area (Å²) in [6, 6.07) is 25.9. The Morgan fingerprint density at radius 3 is 2.44 bits per heavy atom. The number of nitrogens with zero attached hydrogens (tertiary/aromatic N) is 4. The van der Waals surface area contributed by atoms with Gasteiger partial charge in [0.15, 0.2) is 11.4 Å². The zero-order chi connectivity index (χ0) is 23.4. The predicted octanol–water partition coefficient (Wildman–Crippen LogP) is 3.62. The van der Waals surface area contributed by atoms with Crippen LogP contribution in [-0.2, 0) is 33.0 Å². The average molecular weight is 456 g/mol. The number of rotatable bonds is 8. The van der Waals surface area contributed by atoms with Crippen molar-refractivity contribution in [3.8, 4) is 6.07 Å². The highest BCUT2D eigenvalue weighted by Crippen LogP contribution is 2.41. The van der Waals surface area contributed by atoms with Crippen LogP contribution in [0.3, 0.4) is 0 Å². The molecule has 2 aromatic heterocycles. The van der Waals surface area contributed by atoms with Gasteiger partial charge < -0.3 is 19.9 Å². The molecular weight excluding hydrogens is 430 g/mol. The topological polar surface area (TPSA) is 108 Å². The molecule has 0 saturated carbocycles. The molecule has 8 nitrogen and oxygen atoms in total. The Bertz CT molecular complexity index is 1290. The minimum absolute atomic E-state index is 0.290. The molecule has 172 valence electrons. The largest absolute Gasteiger partial charge is 0.382 e. The Balaban J connectivity index is 1.39. The van der Waals surface area contributed by atoms with Crippen LogP contribution in [0.1, 0.15) is 23.2 Å². The summed E-state index contributed by atoms with van der Waals surface area (Å²) in [7, 11) is 0. The van der Waals surface area contributed by atoms with Crippen LogP contribution in [0.4, 0.5) is 5.82 Å². The highest BCUT2D eigenvalue weighted by atomic mass is 16.6. The molecule has 5 rings (SSSR count). The van der Waals surface area contributed by atoms with Crippen LogP contribution in [-0.4, -0.2) is 33.4 Å². The fourth-order valence-electron chi connectivity index (χ4n) is 4.30. The fraction of sp³-hybridized carbons (Fsp3) is 0.269. The lowest BCUT2D eigenvalue weighted by atomic mass is 9.96. The summed E-state index contributed by atoms with van der Waals surface area (Å²) < 4.78 is 20.3. The van der Waals surface area contributed by atoms with Gasteiger partial charge in [0.25, 0.3) is 0 Å². The van der Waals surface area contributed by atoms with Crippen LogP contribution in [0.15, 0.2) is 79.1 Å². The average Bonchev–Trinajstić information content (AvgIpc) is 3.47. The van der Waals surface area contributed by atoms with E-state index in [2.05, 4.69) is 16.2 Å². The molecule has 0 aliphatic carbocycles. The monoisotopic (exact) mass is 455 g/mol. The maximum atomic E-state index is 10.3. The summed E-state index contributed by atoms with van der Waals surface area (Å²) in [6.07, 6.45) is 0.929. The number of anilines is 1. The molecule has 3 atom stereocenters. The van der Waals surface area contributed by atoms with Crippen LogP contribution >= 0.6 is 0 Å². The number of aromatic nitrogens is 3. The van der Waals surface area contributed by atoms with Gasteiger partial charge in [-0.2, -0.15) is 10.4 Å². The molecule has 1 aliphatic rings. The molecule has 0 amide bonds. The van der Waals surface area contributed by atoms with Crippen molar-refractivity contribution >= 4 is 11.3 Å². The molecule has 0 bridgehead atoms. The van der Waals surface area contributed by atoms with Crippen LogP contribution in [0, 0.1) is 11.3 Å². The van der Waals surface area contributed by atoms with Gasteiger partial charge in [0.05, 0.1) is 31.6 Å². The number of benzene rings is 2. The molecule has 0 spiro atoms. The van der Waals surface area contributed by atoms with E-state index in [4.69, 9.17) is 19.9 Å². The van der Waals surface area contributed by atoms with E-state index in [1.165, 1.54) is 6.33 Å². The minimum atomic E-state index is -1.25. The molecule has 34 heavy (non-hydrogen) atoms. The Morgan fingerprint density at radius 1 is 1.03 bits per heavy atom. The molecule has 1 aliphatic heterocycles. The van der Waals surface area contributed by atoms with E-state index in [-0.39, 0.29) is 12.7 Å². The van der Waals surface area contributed by atoms with E-state index in [0.717, 1.165) is 11.1 Å². The molecule has 2 aromatic carbocycles. The zero-order valence-corrected chi connectivity index (χ0v) is 18.6. The molecule has 1 saturated heterocycles. The van der Waals surface area contributed by atoms with Crippen molar-refractivity contribution in [2.24, 2.45) is 0 Å². The van der Waals surface area contributed by atoms with Crippen molar-refractivity contribution < 1.29 is 14.2 Å². The molecule has 1 fully saturated rings. The zero-order valence-electron chi connectivity index (χ0n) is 18.6. The first kappa shape index (κ1) is 22.0. The molecule has 8 heteroatoms. The lowest BCUT2D eigenvalue weighted by Crippen LogP contribution is -2.30. The van der Waals surface area contributed by atoms with E-state index in [1.54, 1.807) is 10.6 Å². The van der Waals surface area contributed by atoms with Crippen molar-refractivity contribution in [1.29, 1.82) is 5.26 Å². The van der Waals surface area contributed by atoms with Crippen molar-refractivity contribution in [2.75, 3.05) is 12.3 Å². The summed E-state index contributed by atoms with van der Waals surface area (Å²) in [5.41, 5.74) is 8.09. The van der Waals surface area contributed by atoms with Gasteiger partial charge in [-0.1, -0.05) is 60.7 Å². The van der Waals surface area contributed by atoms with Crippen LogP contribution in [0.5, 0.6) is 0 Å². The Kier molecular flexibility index (Phi) is 6.23. The quantitative estimate of drug-likeness (QED) is 0.432. The summed E-state index contributed by atoms with van der Waals surface area (Å²) in [5, 5.41) is 14.6. The van der Waals surface area contributed by atoms with E-state index in [9.17, 15) is 5.26 Å². The van der Waals surface area contributed by atoms with Crippen molar-refractivity contribution in [3.05, 3.63) is 95.9 Å². The van der Waals surface area contributed by atoms with Gasteiger partial charge in [0, 0.05) is 6.42 Å². The van der Waals surface area contributed by atoms with Crippen LogP contribution < -0.4 is 5.73 Å². The standard InChI is InChI=1S/C26H25N5O3/c27-17-26(24-12-11-21-25(28)29-18-30-31(21)24)13-22(33-15-20-9-5-2-6-10-20)23(34-26)16-32-14-19-7-3-1-4-8-19/h1-12,18,22-23H,13-16H2,(H2,28,29,30)/t22-,23+,26-/m0/s1. The summed E-state index contributed by atoms with van der Waals surface area (Å²) >= 11 is 0.